The summed E-state index contributed by atoms with van der Waals surface area (Å²) >= 11 is 0. The SMILES string of the molecule is Cc1cc(C)c(C)c(OCCOc2cccc(CCNC(=O)CC#N)c2)c1. The number of hydrogen-bond acceptors (Lipinski definition) is 4. The summed E-state index contributed by atoms with van der Waals surface area (Å²) in [5.41, 5.74) is 4.63. The Morgan fingerprint density at radius 3 is 2.67 bits per heavy atom. The second-order valence-corrected chi connectivity index (χ2v) is 6.48. The Morgan fingerprint density at radius 1 is 1.11 bits per heavy atom. The van der Waals surface area contributed by atoms with E-state index in [4.69, 9.17) is 14.7 Å². The van der Waals surface area contributed by atoms with E-state index in [-0.39, 0.29) is 12.3 Å². The number of rotatable bonds is 9. The van der Waals surface area contributed by atoms with Crippen molar-refractivity contribution in [2.75, 3.05) is 19.8 Å². The molecule has 0 saturated carbocycles. The molecule has 142 valence electrons. The molecule has 0 heterocycles. The van der Waals surface area contributed by atoms with Crippen molar-refractivity contribution < 1.29 is 14.3 Å². The van der Waals surface area contributed by atoms with Gasteiger partial charge in [-0.2, -0.15) is 5.26 Å². The van der Waals surface area contributed by atoms with Crippen LogP contribution in [-0.2, 0) is 11.2 Å². The molecule has 5 nitrogen and oxygen atoms in total. The highest BCUT2D eigenvalue weighted by Crippen LogP contribution is 2.23. The molecule has 0 aliphatic heterocycles. The Kier molecular flexibility index (Phi) is 7.69. The monoisotopic (exact) mass is 366 g/mol. The van der Waals surface area contributed by atoms with E-state index in [0.29, 0.717) is 26.2 Å². The van der Waals surface area contributed by atoms with Gasteiger partial charge in [0, 0.05) is 6.54 Å². The minimum Gasteiger partial charge on any atom is -0.490 e. The molecule has 0 bridgehead atoms. The molecule has 0 aliphatic carbocycles. The fourth-order valence-electron chi connectivity index (χ4n) is 2.73. The number of nitrogens with zero attached hydrogens (tertiary/aromatic N) is 1. The molecule has 0 aliphatic rings. The summed E-state index contributed by atoms with van der Waals surface area (Å²) in [5, 5.41) is 11.2. The standard InChI is InChI=1S/C22H26N2O3/c1-16-13-17(2)18(3)21(14-16)27-12-11-26-20-6-4-5-19(15-20)8-10-24-22(25)7-9-23/h4-6,13-15H,7-8,10-12H2,1-3H3,(H,24,25). The molecule has 0 aromatic heterocycles. The van der Waals surface area contributed by atoms with Gasteiger partial charge in [0.2, 0.25) is 5.91 Å². The van der Waals surface area contributed by atoms with Crippen LogP contribution in [0.2, 0.25) is 0 Å². The van der Waals surface area contributed by atoms with E-state index in [1.807, 2.05) is 36.4 Å². The van der Waals surface area contributed by atoms with Crippen molar-refractivity contribution in [1.29, 1.82) is 5.26 Å². The number of ether oxygens (including phenoxy) is 2. The first kappa shape index (κ1) is 20.3. The molecule has 1 amide bonds. The van der Waals surface area contributed by atoms with Gasteiger partial charge >= 0.3 is 0 Å². The summed E-state index contributed by atoms with van der Waals surface area (Å²) in [6, 6.07) is 13.8. The lowest BCUT2D eigenvalue weighted by Gasteiger charge is -2.13. The van der Waals surface area contributed by atoms with Crippen LogP contribution in [0, 0.1) is 32.1 Å². The van der Waals surface area contributed by atoms with Gasteiger partial charge in [-0.3, -0.25) is 4.79 Å². The maximum Gasteiger partial charge on any atom is 0.234 e. The minimum absolute atomic E-state index is 0.108. The van der Waals surface area contributed by atoms with Gasteiger partial charge in [-0.1, -0.05) is 18.2 Å². The number of aryl methyl sites for hydroxylation is 2. The Bertz CT molecular complexity index is 825. The van der Waals surface area contributed by atoms with Crippen molar-refractivity contribution >= 4 is 5.91 Å². The van der Waals surface area contributed by atoms with Crippen molar-refractivity contribution in [3.05, 3.63) is 58.7 Å². The zero-order chi connectivity index (χ0) is 19.6. The molecule has 0 radical (unpaired) electrons. The second kappa shape index (κ2) is 10.2. The fourth-order valence-corrected chi connectivity index (χ4v) is 2.73. The van der Waals surface area contributed by atoms with Crippen LogP contribution >= 0.6 is 0 Å². The maximum absolute atomic E-state index is 11.3. The Hall–Kier alpha value is -3.00. The Morgan fingerprint density at radius 2 is 1.89 bits per heavy atom. The lowest BCUT2D eigenvalue weighted by atomic mass is 10.1. The lowest BCUT2D eigenvalue weighted by molar-refractivity contribution is -0.120. The van der Waals surface area contributed by atoms with Crippen LogP contribution in [0.5, 0.6) is 11.5 Å². The van der Waals surface area contributed by atoms with E-state index in [9.17, 15) is 4.79 Å². The second-order valence-electron chi connectivity index (χ2n) is 6.48. The molecule has 0 saturated heterocycles. The molecule has 0 spiro atoms. The molecule has 2 aromatic rings. The molecule has 0 unspecified atom stereocenters. The molecule has 27 heavy (non-hydrogen) atoms. The van der Waals surface area contributed by atoms with Gasteiger partial charge in [0.15, 0.2) is 0 Å². The third-order valence-electron chi connectivity index (χ3n) is 4.25. The zero-order valence-corrected chi connectivity index (χ0v) is 16.2. The van der Waals surface area contributed by atoms with Crippen LogP contribution < -0.4 is 14.8 Å². The molecule has 2 aromatic carbocycles. The van der Waals surface area contributed by atoms with Crippen molar-refractivity contribution in [2.45, 2.75) is 33.6 Å². The number of carbonyl (C=O) groups excluding carboxylic acids is 1. The molecule has 1 N–H and O–H groups in total. The van der Waals surface area contributed by atoms with Gasteiger partial charge in [-0.05, 0) is 67.6 Å². The largest absolute Gasteiger partial charge is 0.490 e. The summed E-state index contributed by atoms with van der Waals surface area (Å²) in [7, 11) is 0. The average molecular weight is 366 g/mol. The number of hydrogen-bond donors (Lipinski definition) is 1. The first-order chi connectivity index (χ1) is 13.0. The highest BCUT2D eigenvalue weighted by Gasteiger charge is 2.05. The first-order valence-corrected chi connectivity index (χ1v) is 9.05. The van der Waals surface area contributed by atoms with Gasteiger partial charge in [0.05, 0.1) is 6.07 Å². The van der Waals surface area contributed by atoms with E-state index in [1.165, 1.54) is 11.1 Å². The molecule has 0 atom stereocenters. The van der Waals surface area contributed by atoms with Crippen molar-refractivity contribution in [3.8, 4) is 17.6 Å². The first-order valence-electron chi connectivity index (χ1n) is 9.05. The Balaban J connectivity index is 1.78. The summed E-state index contributed by atoms with van der Waals surface area (Å²) < 4.78 is 11.6. The highest BCUT2D eigenvalue weighted by atomic mass is 16.5. The van der Waals surface area contributed by atoms with Crippen molar-refractivity contribution in [1.82, 2.24) is 5.32 Å². The zero-order valence-electron chi connectivity index (χ0n) is 16.2. The molecule has 2 rings (SSSR count). The van der Waals surface area contributed by atoms with Crippen LogP contribution in [0.3, 0.4) is 0 Å². The number of nitriles is 1. The summed E-state index contributed by atoms with van der Waals surface area (Å²) in [4.78, 5) is 11.3. The third kappa shape index (κ3) is 6.67. The van der Waals surface area contributed by atoms with Crippen LogP contribution in [-0.4, -0.2) is 25.7 Å². The van der Waals surface area contributed by atoms with Crippen LogP contribution in [0.15, 0.2) is 36.4 Å². The van der Waals surface area contributed by atoms with Crippen molar-refractivity contribution in [2.24, 2.45) is 0 Å². The van der Waals surface area contributed by atoms with Gasteiger partial charge in [0.1, 0.15) is 31.1 Å². The summed E-state index contributed by atoms with van der Waals surface area (Å²) in [6.45, 7) is 7.62. The van der Waals surface area contributed by atoms with Gasteiger partial charge in [-0.15, -0.1) is 0 Å². The third-order valence-corrected chi connectivity index (χ3v) is 4.25. The van der Waals surface area contributed by atoms with Crippen LogP contribution in [0.4, 0.5) is 0 Å². The number of carbonyl (C=O) groups is 1. The molecular weight excluding hydrogens is 340 g/mol. The normalized spacial score (nSPS) is 10.1. The van der Waals surface area contributed by atoms with Gasteiger partial charge in [-0.25, -0.2) is 0 Å². The van der Waals surface area contributed by atoms with E-state index in [1.54, 1.807) is 0 Å². The maximum atomic E-state index is 11.3. The highest BCUT2D eigenvalue weighted by molar-refractivity contribution is 5.77. The van der Waals surface area contributed by atoms with E-state index < -0.39 is 0 Å². The van der Waals surface area contributed by atoms with E-state index in [0.717, 1.165) is 22.6 Å². The van der Waals surface area contributed by atoms with Gasteiger partial charge < -0.3 is 14.8 Å². The average Bonchev–Trinajstić information content (AvgIpc) is 2.63. The summed E-state index contributed by atoms with van der Waals surface area (Å²) in [5.74, 6) is 1.43. The predicted octanol–water partition coefficient (Wildman–Crippen LogP) is 3.64. The lowest BCUT2D eigenvalue weighted by Crippen LogP contribution is -2.24. The molecular formula is C22H26N2O3. The van der Waals surface area contributed by atoms with Crippen molar-refractivity contribution in [3.63, 3.8) is 0 Å². The van der Waals surface area contributed by atoms with Crippen LogP contribution in [0.1, 0.15) is 28.7 Å². The number of benzene rings is 2. The quantitative estimate of drug-likeness (QED) is 0.688. The van der Waals surface area contributed by atoms with Crippen LogP contribution in [0.25, 0.3) is 0 Å². The molecule has 0 fully saturated rings. The summed E-state index contributed by atoms with van der Waals surface area (Å²) in [6.07, 6.45) is 0.579. The minimum atomic E-state index is -0.247. The van der Waals surface area contributed by atoms with E-state index >= 15 is 0 Å². The van der Waals surface area contributed by atoms with Gasteiger partial charge in [0.25, 0.3) is 0 Å². The number of amides is 1. The Labute approximate surface area is 160 Å². The number of nitrogens with one attached hydrogen (secondary N) is 1. The smallest absolute Gasteiger partial charge is 0.234 e. The topological polar surface area (TPSA) is 71.3 Å². The predicted molar refractivity (Wildman–Crippen MR) is 105 cm³/mol. The fraction of sp³-hybridized carbons (Fsp3) is 0.364. The van der Waals surface area contributed by atoms with E-state index in [2.05, 4.69) is 32.2 Å². The molecule has 5 heteroatoms.